The van der Waals surface area contributed by atoms with Crippen LogP contribution in [-0.2, 0) is 9.53 Å². The lowest BCUT2D eigenvalue weighted by molar-refractivity contribution is -0.143. The highest BCUT2D eigenvalue weighted by molar-refractivity contribution is 5.98. The first-order chi connectivity index (χ1) is 9.90. The quantitative estimate of drug-likeness (QED) is 0.757. The molecule has 0 fully saturated rings. The van der Waals surface area contributed by atoms with Gasteiger partial charge in [-0.2, -0.15) is 0 Å². The standard InChI is InChI=1S/C17H25NO3/c1-6-8-18(11-15(19)21-7-2)17(20)16-13(4)9-12(3)10-14(16)5/h9-10H,6-8,11H2,1-5H3. The van der Waals surface area contributed by atoms with E-state index in [0.29, 0.717) is 18.7 Å². The first-order valence-electron chi connectivity index (χ1n) is 7.43. The van der Waals surface area contributed by atoms with Crippen molar-refractivity contribution in [3.63, 3.8) is 0 Å². The highest BCUT2D eigenvalue weighted by Gasteiger charge is 2.22. The van der Waals surface area contributed by atoms with Gasteiger partial charge in [0.05, 0.1) is 6.61 Å². The highest BCUT2D eigenvalue weighted by atomic mass is 16.5. The van der Waals surface area contributed by atoms with Gasteiger partial charge in [0, 0.05) is 12.1 Å². The largest absolute Gasteiger partial charge is 0.465 e. The Morgan fingerprint density at radius 2 is 1.67 bits per heavy atom. The maximum absolute atomic E-state index is 12.7. The van der Waals surface area contributed by atoms with Crippen LogP contribution in [0, 0.1) is 20.8 Å². The minimum absolute atomic E-state index is 0.00721. The van der Waals surface area contributed by atoms with Crippen molar-refractivity contribution in [2.24, 2.45) is 0 Å². The van der Waals surface area contributed by atoms with Gasteiger partial charge in [0.15, 0.2) is 0 Å². The number of nitrogens with zero attached hydrogens (tertiary/aromatic N) is 1. The summed E-state index contributed by atoms with van der Waals surface area (Å²) in [7, 11) is 0. The highest BCUT2D eigenvalue weighted by Crippen LogP contribution is 2.18. The van der Waals surface area contributed by atoms with Crippen LogP contribution in [0.25, 0.3) is 0 Å². The van der Waals surface area contributed by atoms with E-state index >= 15 is 0 Å². The van der Waals surface area contributed by atoms with Crippen molar-refractivity contribution >= 4 is 11.9 Å². The average molecular weight is 291 g/mol. The predicted octanol–water partition coefficient (Wildman–Crippen LogP) is 3.03. The third-order valence-electron chi connectivity index (χ3n) is 3.30. The Balaban J connectivity index is 3.03. The lowest BCUT2D eigenvalue weighted by Crippen LogP contribution is -2.37. The van der Waals surface area contributed by atoms with Gasteiger partial charge in [0.25, 0.3) is 5.91 Å². The van der Waals surface area contributed by atoms with E-state index in [1.54, 1.807) is 11.8 Å². The van der Waals surface area contributed by atoms with Crippen molar-refractivity contribution in [1.82, 2.24) is 4.90 Å². The number of hydrogen-bond acceptors (Lipinski definition) is 3. The summed E-state index contributed by atoms with van der Waals surface area (Å²) < 4.78 is 4.95. The Morgan fingerprint density at radius 3 is 2.14 bits per heavy atom. The van der Waals surface area contributed by atoms with E-state index in [-0.39, 0.29) is 18.4 Å². The van der Waals surface area contributed by atoms with Crippen LogP contribution in [-0.4, -0.2) is 36.5 Å². The third-order valence-corrected chi connectivity index (χ3v) is 3.30. The molecule has 0 aromatic heterocycles. The lowest BCUT2D eigenvalue weighted by atomic mass is 9.98. The number of carbonyl (C=O) groups is 2. The molecule has 0 atom stereocenters. The normalized spacial score (nSPS) is 10.3. The fraction of sp³-hybridized carbons (Fsp3) is 0.529. The predicted molar refractivity (Wildman–Crippen MR) is 83.5 cm³/mol. The molecule has 0 spiro atoms. The molecule has 0 heterocycles. The number of hydrogen-bond donors (Lipinski definition) is 0. The fourth-order valence-electron chi connectivity index (χ4n) is 2.56. The summed E-state index contributed by atoms with van der Waals surface area (Å²) in [5.41, 5.74) is 3.72. The Kier molecular flexibility index (Phi) is 6.40. The van der Waals surface area contributed by atoms with E-state index in [4.69, 9.17) is 4.74 Å². The smallest absolute Gasteiger partial charge is 0.325 e. The van der Waals surface area contributed by atoms with Crippen molar-refractivity contribution in [2.75, 3.05) is 19.7 Å². The third kappa shape index (κ3) is 4.59. The van der Waals surface area contributed by atoms with Crippen molar-refractivity contribution in [3.05, 3.63) is 34.4 Å². The lowest BCUT2D eigenvalue weighted by Gasteiger charge is -2.23. The second kappa shape index (κ2) is 7.81. The molecule has 0 aliphatic heterocycles. The van der Waals surface area contributed by atoms with Crippen molar-refractivity contribution in [2.45, 2.75) is 41.0 Å². The molecule has 116 valence electrons. The van der Waals surface area contributed by atoms with Gasteiger partial charge in [-0.05, 0) is 45.2 Å². The Hall–Kier alpha value is -1.84. The number of benzene rings is 1. The molecular formula is C17H25NO3. The van der Waals surface area contributed by atoms with Crippen LogP contribution in [0.3, 0.4) is 0 Å². The van der Waals surface area contributed by atoms with Gasteiger partial charge >= 0.3 is 5.97 Å². The van der Waals surface area contributed by atoms with Gasteiger partial charge in [0.1, 0.15) is 6.54 Å². The van der Waals surface area contributed by atoms with Crippen molar-refractivity contribution < 1.29 is 14.3 Å². The van der Waals surface area contributed by atoms with Crippen LogP contribution in [0.5, 0.6) is 0 Å². The van der Waals surface area contributed by atoms with E-state index in [0.717, 1.165) is 23.1 Å². The zero-order chi connectivity index (χ0) is 16.0. The average Bonchev–Trinajstić information content (AvgIpc) is 2.37. The van der Waals surface area contributed by atoms with Crippen molar-refractivity contribution in [3.8, 4) is 0 Å². The van der Waals surface area contributed by atoms with Crippen LogP contribution in [0.2, 0.25) is 0 Å². The van der Waals surface area contributed by atoms with Crippen LogP contribution in [0.4, 0.5) is 0 Å². The van der Waals surface area contributed by atoms with Crippen LogP contribution in [0.15, 0.2) is 12.1 Å². The summed E-state index contributed by atoms with van der Waals surface area (Å²) >= 11 is 0. The van der Waals surface area contributed by atoms with Crippen LogP contribution < -0.4 is 0 Å². The number of rotatable bonds is 6. The van der Waals surface area contributed by atoms with E-state index in [1.807, 2.05) is 39.8 Å². The summed E-state index contributed by atoms with van der Waals surface area (Å²) in [5.74, 6) is -0.457. The van der Waals surface area contributed by atoms with Gasteiger partial charge in [-0.25, -0.2) is 0 Å². The maximum atomic E-state index is 12.7. The molecule has 1 aromatic rings. The fourth-order valence-corrected chi connectivity index (χ4v) is 2.56. The second-order valence-electron chi connectivity index (χ2n) is 5.31. The summed E-state index contributed by atoms with van der Waals surface area (Å²) in [6.07, 6.45) is 0.801. The van der Waals surface area contributed by atoms with Crippen LogP contribution in [0.1, 0.15) is 47.3 Å². The monoisotopic (exact) mass is 291 g/mol. The minimum Gasteiger partial charge on any atom is -0.465 e. The molecule has 0 bridgehead atoms. The first-order valence-corrected chi connectivity index (χ1v) is 7.43. The first kappa shape index (κ1) is 17.2. The maximum Gasteiger partial charge on any atom is 0.325 e. The zero-order valence-corrected chi connectivity index (χ0v) is 13.7. The molecule has 0 aliphatic carbocycles. The molecule has 0 saturated heterocycles. The van der Waals surface area contributed by atoms with Gasteiger partial charge in [-0.3, -0.25) is 9.59 Å². The molecule has 0 radical (unpaired) electrons. The van der Waals surface area contributed by atoms with E-state index in [1.165, 1.54) is 0 Å². The minimum atomic E-state index is -0.360. The van der Waals surface area contributed by atoms with Gasteiger partial charge in [0.2, 0.25) is 0 Å². The molecule has 0 N–H and O–H groups in total. The second-order valence-corrected chi connectivity index (χ2v) is 5.31. The number of ether oxygens (including phenoxy) is 1. The molecule has 21 heavy (non-hydrogen) atoms. The van der Waals surface area contributed by atoms with E-state index < -0.39 is 0 Å². The molecule has 0 aliphatic rings. The van der Waals surface area contributed by atoms with Gasteiger partial charge in [-0.15, -0.1) is 0 Å². The molecule has 1 aromatic carbocycles. The molecule has 4 nitrogen and oxygen atoms in total. The van der Waals surface area contributed by atoms with E-state index in [2.05, 4.69) is 0 Å². The number of aryl methyl sites for hydroxylation is 3. The molecular weight excluding hydrogens is 266 g/mol. The summed E-state index contributed by atoms with van der Waals surface area (Å²) in [5, 5.41) is 0. The van der Waals surface area contributed by atoms with E-state index in [9.17, 15) is 9.59 Å². The zero-order valence-electron chi connectivity index (χ0n) is 13.7. The molecule has 1 rings (SSSR count). The number of amides is 1. The van der Waals surface area contributed by atoms with Gasteiger partial charge in [-0.1, -0.05) is 24.6 Å². The topological polar surface area (TPSA) is 46.6 Å². The molecule has 0 unspecified atom stereocenters. The van der Waals surface area contributed by atoms with Gasteiger partial charge < -0.3 is 9.64 Å². The summed E-state index contributed by atoms with van der Waals surface area (Å²) in [6.45, 7) is 10.5. The Bertz CT molecular complexity index is 500. The molecule has 1 amide bonds. The SMILES string of the molecule is CCCN(CC(=O)OCC)C(=O)c1c(C)cc(C)cc1C. The molecule has 4 heteroatoms. The van der Waals surface area contributed by atoms with Crippen molar-refractivity contribution in [1.29, 1.82) is 0 Å². The summed E-state index contributed by atoms with van der Waals surface area (Å²) in [4.78, 5) is 26.0. The Morgan fingerprint density at radius 1 is 1.10 bits per heavy atom. The number of esters is 1. The Labute approximate surface area is 127 Å². The molecule has 0 saturated carbocycles. The van der Waals surface area contributed by atoms with Crippen LogP contribution >= 0.6 is 0 Å². The number of carbonyl (C=O) groups excluding carboxylic acids is 2. The summed E-state index contributed by atoms with van der Waals surface area (Å²) in [6, 6.07) is 3.99.